The molecule has 2 atom stereocenters. The molecule has 19 heavy (non-hydrogen) atoms. The van der Waals surface area contributed by atoms with Crippen molar-refractivity contribution in [2.45, 2.75) is 33.1 Å². The molecule has 3 nitrogen and oxygen atoms in total. The number of carbonyl (C=O) groups is 1. The zero-order valence-electron chi connectivity index (χ0n) is 11.8. The van der Waals surface area contributed by atoms with E-state index in [0.29, 0.717) is 12.8 Å². The molecule has 0 saturated carbocycles. The first-order valence-corrected chi connectivity index (χ1v) is 6.52. The topological polar surface area (TPSA) is 50.1 Å². The second-order valence-corrected chi connectivity index (χ2v) is 5.24. The Kier molecular flexibility index (Phi) is 5.57. The molecule has 0 bridgehead atoms. The number of carbonyl (C=O) groups excluding carboxylic acids is 1. The van der Waals surface area contributed by atoms with Gasteiger partial charge in [0, 0.05) is 12.3 Å². The molecule has 0 fully saturated rings. The fourth-order valence-corrected chi connectivity index (χ4v) is 2.17. The van der Waals surface area contributed by atoms with Gasteiger partial charge in [0.15, 0.2) is 0 Å². The van der Waals surface area contributed by atoms with Crippen molar-refractivity contribution in [2.75, 3.05) is 7.11 Å². The fourth-order valence-electron chi connectivity index (χ4n) is 2.17. The predicted molar refractivity (Wildman–Crippen MR) is 74.3 cm³/mol. The predicted octanol–water partition coefficient (Wildman–Crippen LogP) is 3.35. The number of nitrogens with zero attached hydrogens (tertiary/aromatic N) is 1. The third kappa shape index (κ3) is 4.40. The van der Waals surface area contributed by atoms with E-state index in [9.17, 15) is 10.1 Å². The molecule has 102 valence electrons. The van der Waals surface area contributed by atoms with Gasteiger partial charge in [-0.05, 0) is 30.7 Å². The van der Waals surface area contributed by atoms with E-state index < -0.39 is 0 Å². The average Bonchev–Trinajstić information content (AvgIpc) is 2.44. The summed E-state index contributed by atoms with van der Waals surface area (Å²) in [6.07, 6.45) is 1.80. The van der Waals surface area contributed by atoms with Crippen LogP contribution < -0.4 is 0 Å². The summed E-state index contributed by atoms with van der Waals surface area (Å²) in [5.41, 5.74) is 0.974. The van der Waals surface area contributed by atoms with E-state index >= 15 is 0 Å². The molecule has 0 N–H and O–H groups in total. The molecule has 0 amide bonds. The molecule has 0 spiro atoms. The fraction of sp³-hybridized carbons (Fsp3) is 0.500. The van der Waals surface area contributed by atoms with Gasteiger partial charge in [0.25, 0.3) is 0 Å². The summed E-state index contributed by atoms with van der Waals surface area (Å²) in [6, 6.07) is 12.4. The molecule has 0 aliphatic carbocycles. The summed E-state index contributed by atoms with van der Waals surface area (Å²) in [6.45, 7) is 3.98. The van der Waals surface area contributed by atoms with E-state index in [4.69, 9.17) is 0 Å². The molecule has 0 saturated heterocycles. The molecule has 0 radical (unpaired) electrons. The number of hydrogen-bond acceptors (Lipinski definition) is 3. The van der Waals surface area contributed by atoms with Crippen molar-refractivity contribution in [3.05, 3.63) is 35.9 Å². The normalized spacial score (nSPS) is 15.1. The van der Waals surface area contributed by atoms with Gasteiger partial charge in [-0.15, -0.1) is 0 Å². The molecule has 1 rings (SSSR count). The van der Waals surface area contributed by atoms with Crippen LogP contribution in [0.4, 0.5) is 0 Å². The second-order valence-electron chi connectivity index (χ2n) is 5.24. The number of benzene rings is 1. The third-order valence-corrected chi connectivity index (χ3v) is 3.82. The minimum Gasteiger partial charge on any atom is -0.469 e. The lowest BCUT2D eigenvalue weighted by Crippen LogP contribution is -2.28. The van der Waals surface area contributed by atoms with Crippen LogP contribution in [0.15, 0.2) is 30.3 Å². The first-order valence-electron chi connectivity index (χ1n) is 6.52. The van der Waals surface area contributed by atoms with Crippen molar-refractivity contribution < 1.29 is 9.53 Å². The number of rotatable bonds is 6. The molecular formula is C16H21NO2. The summed E-state index contributed by atoms with van der Waals surface area (Å²) in [5.74, 6) is -0.332. The zero-order chi connectivity index (χ0) is 14.3. The van der Waals surface area contributed by atoms with Gasteiger partial charge in [-0.3, -0.25) is 4.79 Å². The molecule has 2 unspecified atom stereocenters. The van der Waals surface area contributed by atoms with Crippen LogP contribution in [0.1, 0.15) is 32.3 Å². The van der Waals surface area contributed by atoms with Gasteiger partial charge in [-0.25, -0.2) is 0 Å². The van der Waals surface area contributed by atoms with Crippen LogP contribution in [0.2, 0.25) is 0 Å². The van der Waals surface area contributed by atoms with Crippen LogP contribution >= 0.6 is 0 Å². The van der Waals surface area contributed by atoms with Crippen molar-refractivity contribution in [3.8, 4) is 6.07 Å². The molecule has 0 aliphatic rings. The molecule has 0 aromatic heterocycles. The van der Waals surface area contributed by atoms with Crippen LogP contribution in [-0.4, -0.2) is 13.1 Å². The van der Waals surface area contributed by atoms with Crippen LogP contribution in [0, 0.1) is 22.7 Å². The lowest BCUT2D eigenvalue weighted by molar-refractivity contribution is -0.141. The van der Waals surface area contributed by atoms with Crippen LogP contribution in [0.25, 0.3) is 0 Å². The molecular weight excluding hydrogens is 238 g/mol. The Morgan fingerprint density at radius 2 is 2.05 bits per heavy atom. The summed E-state index contributed by atoms with van der Waals surface area (Å²) < 4.78 is 4.69. The van der Waals surface area contributed by atoms with Gasteiger partial charge in [0.05, 0.1) is 13.2 Å². The van der Waals surface area contributed by atoms with Crippen LogP contribution in [0.5, 0.6) is 0 Å². The van der Waals surface area contributed by atoms with E-state index in [1.54, 1.807) is 0 Å². The van der Waals surface area contributed by atoms with Crippen molar-refractivity contribution in [1.82, 2.24) is 0 Å². The maximum Gasteiger partial charge on any atom is 0.305 e. The maximum absolute atomic E-state index is 11.3. The molecule has 0 heterocycles. The van der Waals surface area contributed by atoms with Gasteiger partial charge in [-0.1, -0.05) is 37.3 Å². The zero-order valence-corrected chi connectivity index (χ0v) is 11.8. The Morgan fingerprint density at radius 1 is 1.42 bits per heavy atom. The number of hydrogen-bond donors (Lipinski definition) is 0. The lowest BCUT2D eigenvalue weighted by Gasteiger charge is -2.32. The van der Waals surface area contributed by atoms with E-state index in [0.717, 1.165) is 6.42 Å². The largest absolute Gasteiger partial charge is 0.469 e. The van der Waals surface area contributed by atoms with Crippen LogP contribution in [-0.2, 0) is 16.0 Å². The second kappa shape index (κ2) is 6.94. The summed E-state index contributed by atoms with van der Waals surface area (Å²) >= 11 is 0. The number of esters is 1. The van der Waals surface area contributed by atoms with Gasteiger partial charge in [0.2, 0.25) is 0 Å². The van der Waals surface area contributed by atoms with Crippen molar-refractivity contribution in [2.24, 2.45) is 11.3 Å². The Hall–Kier alpha value is -1.82. The van der Waals surface area contributed by atoms with Crippen LogP contribution in [0.3, 0.4) is 0 Å². The Labute approximate surface area is 115 Å². The highest BCUT2D eigenvalue weighted by Crippen LogP contribution is 2.36. The Balaban J connectivity index is 2.81. The summed E-state index contributed by atoms with van der Waals surface area (Å²) in [4.78, 5) is 11.3. The smallest absolute Gasteiger partial charge is 0.305 e. The first kappa shape index (κ1) is 15.2. The molecule has 3 heteroatoms. The highest BCUT2D eigenvalue weighted by atomic mass is 16.5. The SMILES string of the molecule is COC(=O)CCC(C)(Cc1ccccc1)C(C)C#N. The minimum absolute atomic E-state index is 0.114. The summed E-state index contributed by atoms with van der Waals surface area (Å²) in [5, 5.41) is 9.20. The molecule has 1 aromatic carbocycles. The van der Waals surface area contributed by atoms with E-state index in [-0.39, 0.29) is 17.3 Å². The van der Waals surface area contributed by atoms with Gasteiger partial charge in [0.1, 0.15) is 0 Å². The van der Waals surface area contributed by atoms with Crippen molar-refractivity contribution >= 4 is 5.97 Å². The Morgan fingerprint density at radius 3 is 2.58 bits per heavy atom. The number of nitriles is 1. The van der Waals surface area contributed by atoms with Crippen molar-refractivity contribution in [3.63, 3.8) is 0 Å². The quantitative estimate of drug-likeness (QED) is 0.736. The van der Waals surface area contributed by atoms with Gasteiger partial charge >= 0.3 is 5.97 Å². The van der Waals surface area contributed by atoms with E-state index in [1.807, 2.05) is 25.1 Å². The highest BCUT2D eigenvalue weighted by Gasteiger charge is 2.32. The lowest BCUT2D eigenvalue weighted by atomic mass is 9.71. The van der Waals surface area contributed by atoms with E-state index in [1.165, 1.54) is 12.7 Å². The van der Waals surface area contributed by atoms with Gasteiger partial charge < -0.3 is 4.74 Å². The van der Waals surface area contributed by atoms with E-state index in [2.05, 4.69) is 29.9 Å². The first-order chi connectivity index (χ1) is 9.01. The minimum atomic E-state index is -0.218. The maximum atomic E-state index is 11.3. The molecule has 0 aliphatic heterocycles. The number of methoxy groups -OCH3 is 1. The Bertz CT molecular complexity index is 450. The summed E-state index contributed by atoms with van der Waals surface area (Å²) in [7, 11) is 1.39. The standard InChI is InChI=1S/C16H21NO2/c1-13(12-17)16(2,10-9-15(18)19-3)11-14-7-5-4-6-8-14/h4-8,13H,9-11H2,1-3H3. The molecule has 1 aromatic rings. The van der Waals surface area contributed by atoms with Gasteiger partial charge in [-0.2, -0.15) is 5.26 Å². The monoisotopic (exact) mass is 259 g/mol. The number of ether oxygens (including phenoxy) is 1. The third-order valence-electron chi connectivity index (χ3n) is 3.82. The highest BCUT2D eigenvalue weighted by molar-refractivity contribution is 5.69. The van der Waals surface area contributed by atoms with Crippen molar-refractivity contribution in [1.29, 1.82) is 5.26 Å². The average molecular weight is 259 g/mol.